The molecule has 4 N–H and O–H groups in total. The standard InChI is InChI=1S/C3H7NS.H2O/c1-2-3(4)5;/h2H2,1H3,(H2,4,5);1H2. The van der Waals surface area contributed by atoms with Crippen LogP contribution in [0.5, 0.6) is 0 Å². The zero-order valence-corrected chi connectivity index (χ0v) is 4.51. The largest absolute Gasteiger partial charge is 0.412 e. The molecule has 0 aromatic carbocycles. The Morgan fingerprint density at radius 2 is 2.00 bits per heavy atom. The molecular weight excluding hydrogens is 98.1 g/mol. The second-order valence-electron chi connectivity index (χ2n) is 0.820. The molecule has 0 amide bonds. The van der Waals surface area contributed by atoms with Crippen LogP contribution < -0.4 is 5.73 Å². The summed E-state index contributed by atoms with van der Waals surface area (Å²) >= 11 is 4.47. The van der Waals surface area contributed by atoms with Gasteiger partial charge in [-0.25, -0.2) is 0 Å². The summed E-state index contributed by atoms with van der Waals surface area (Å²) in [5.74, 6) is 0. The molecule has 0 saturated heterocycles. The van der Waals surface area contributed by atoms with Crippen molar-refractivity contribution < 1.29 is 5.48 Å². The minimum Gasteiger partial charge on any atom is -0.412 e. The van der Waals surface area contributed by atoms with Crippen LogP contribution in [0.1, 0.15) is 13.3 Å². The molecule has 0 spiro atoms. The summed E-state index contributed by atoms with van der Waals surface area (Å²) in [6, 6.07) is 0. The van der Waals surface area contributed by atoms with Crippen molar-refractivity contribution in [2.75, 3.05) is 0 Å². The Kier molecular flexibility index (Phi) is 7.50. The quantitative estimate of drug-likeness (QED) is 0.474. The van der Waals surface area contributed by atoms with Gasteiger partial charge in [0.25, 0.3) is 0 Å². The summed E-state index contributed by atoms with van der Waals surface area (Å²) in [5, 5.41) is 0. The van der Waals surface area contributed by atoms with Crippen molar-refractivity contribution in [2.45, 2.75) is 13.3 Å². The second-order valence-corrected chi connectivity index (χ2v) is 1.34. The van der Waals surface area contributed by atoms with Gasteiger partial charge in [0.05, 0.1) is 4.99 Å². The van der Waals surface area contributed by atoms with E-state index in [0.29, 0.717) is 4.99 Å². The Morgan fingerprint density at radius 1 is 1.83 bits per heavy atom. The average molecular weight is 107 g/mol. The highest BCUT2D eigenvalue weighted by Crippen LogP contribution is 1.69. The number of nitrogens with two attached hydrogens (primary N) is 1. The first kappa shape index (κ1) is 9.28. The molecule has 0 fully saturated rings. The maximum Gasteiger partial charge on any atom is 0.0724 e. The van der Waals surface area contributed by atoms with Gasteiger partial charge in [-0.15, -0.1) is 0 Å². The fourth-order valence-electron chi connectivity index (χ4n) is 0. The molecule has 0 aromatic heterocycles. The van der Waals surface area contributed by atoms with Gasteiger partial charge in [0.1, 0.15) is 0 Å². The van der Waals surface area contributed by atoms with Crippen molar-refractivity contribution in [1.29, 1.82) is 0 Å². The van der Waals surface area contributed by atoms with Crippen LogP contribution in [-0.2, 0) is 0 Å². The molecule has 0 radical (unpaired) electrons. The molecule has 0 atom stereocenters. The van der Waals surface area contributed by atoms with E-state index in [1.807, 2.05) is 6.92 Å². The highest BCUT2D eigenvalue weighted by molar-refractivity contribution is 7.80. The molecule has 0 heterocycles. The number of hydrogen-bond donors (Lipinski definition) is 1. The molecule has 0 aromatic rings. The summed E-state index contributed by atoms with van der Waals surface area (Å²) in [6.07, 6.45) is 0.815. The Balaban J connectivity index is 0. The first-order valence-corrected chi connectivity index (χ1v) is 1.96. The highest BCUT2D eigenvalue weighted by Gasteiger charge is 1.71. The first-order valence-electron chi connectivity index (χ1n) is 1.55. The lowest BCUT2D eigenvalue weighted by molar-refractivity contribution is 0.824. The van der Waals surface area contributed by atoms with E-state index in [2.05, 4.69) is 12.2 Å². The van der Waals surface area contributed by atoms with Crippen LogP contribution in [0.2, 0.25) is 0 Å². The normalized spacial score (nSPS) is 6.17. The molecule has 3 heteroatoms. The van der Waals surface area contributed by atoms with Gasteiger partial charge in [0.15, 0.2) is 0 Å². The minimum absolute atomic E-state index is 0. The molecule has 2 nitrogen and oxygen atoms in total. The summed E-state index contributed by atoms with van der Waals surface area (Å²) in [6.45, 7) is 1.93. The lowest BCUT2D eigenvalue weighted by Gasteiger charge is -1.78. The Morgan fingerprint density at radius 3 is 2.00 bits per heavy atom. The predicted molar refractivity (Wildman–Crippen MR) is 30.7 cm³/mol. The van der Waals surface area contributed by atoms with Crippen LogP contribution >= 0.6 is 12.2 Å². The van der Waals surface area contributed by atoms with Gasteiger partial charge >= 0.3 is 0 Å². The van der Waals surface area contributed by atoms with Gasteiger partial charge in [-0.1, -0.05) is 19.1 Å². The molecule has 0 aliphatic carbocycles. The molecule has 38 valence electrons. The lowest BCUT2D eigenvalue weighted by Crippen LogP contribution is -2.03. The predicted octanol–water partition coefficient (Wildman–Crippen LogP) is -0.142. The van der Waals surface area contributed by atoms with E-state index in [1.165, 1.54) is 0 Å². The van der Waals surface area contributed by atoms with Gasteiger partial charge in [-0.2, -0.15) is 0 Å². The van der Waals surface area contributed by atoms with E-state index in [-0.39, 0.29) is 5.48 Å². The van der Waals surface area contributed by atoms with Crippen LogP contribution in [0, 0.1) is 0 Å². The van der Waals surface area contributed by atoms with E-state index < -0.39 is 0 Å². The summed E-state index contributed by atoms with van der Waals surface area (Å²) in [7, 11) is 0. The zero-order chi connectivity index (χ0) is 4.28. The fraction of sp³-hybridized carbons (Fsp3) is 0.667. The van der Waals surface area contributed by atoms with Crippen molar-refractivity contribution in [3.63, 3.8) is 0 Å². The molecule has 0 saturated carbocycles. The molecule has 0 bridgehead atoms. The van der Waals surface area contributed by atoms with E-state index in [0.717, 1.165) is 6.42 Å². The number of thiocarbonyl (C=S) groups is 1. The summed E-state index contributed by atoms with van der Waals surface area (Å²) < 4.78 is 0. The van der Waals surface area contributed by atoms with Gasteiger partial charge < -0.3 is 11.2 Å². The Labute approximate surface area is 42.6 Å². The third kappa shape index (κ3) is 9.14. The maximum absolute atomic E-state index is 5.02. The molecule has 0 aliphatic heterocycles. The number of hydrogen-bond acceptors (Lipinski definition) is 1. The van der Waals surface area contributed by atoms with E-state index in [1.54, 1.807) is 0 Å². The summed E-state index contributed by atoms with van der Waals surface area (Å²) in [4.78, 5) is 0.588. The van der Waals surface area contributed by atoms with E-state index in [4.69, 9.17) is 5.73 Å². The lowest BCUT2D eigenvalue weighted by atomic mass is 10.5. The molecular formula is C3H9NOS. The van der Waals surface area contributed by atoms with Gasteiger partial charge in [-0.05, 0) is 6.42 Å². The fourth-order valence-corrected chi connectivity index (χ4v) is 0. The minimum atomic E-state index is 0. The maximum atomic E-state index is 5.02. The van der Waals surface area contributed by atoms with Crippen molar-refractivity contribution in [1.82, 2.24) is 0 Å². The molecule has 0 aliphatic rings. The molecule has 0 unspecified atom stereocenters. The SMILES string of the molecule is CCC(N)=S.O. The van der Waals surface area contributed by atoms with Crippen LogP contribution in [0.3, 0.4) is 0 Å². The van der Waals surface area contributed by atoms with Crippen molar-refractivity contribution in [2.24, 2.45) is 5.73 Å². The molecule has 0 rings (SSSR count). The van der Waals surface area contributed by atoms with Crippen molar-refractivity contribution in [3.05, 3.63) is 0 Å². The van der Waals surface area contributed by atoms with Crippen molar-refractivity contribution in [3.8, 4) is 0 Å². The van der Waals surface area contributed by atoms with Crippen LogP contribution in [0.25, 0.3) is 0 Å². The van der Waals surface area contributed by atoms with Crippen molar-refractivity contribution >= 4 is 17.2 Å². The van der Waals surface area contributed by atoms with E-state index >= 15 is 0 Å². The monoisotopic (exact) mass is 107 g/mol. The van der Waals surface area contributed by atoms with Crippen LogP contribution in [0.4, 0.5) is 0 Å². The highest BCUT2D eigenvalue weighted by atomic mass is 32.1. The van der Waals surface area contributed by atoms with E-state index in [9.17, 15) is 0 Å². The number of rotatable bonds is 1. The van der Waals surface area contributed by atoms with Gasteiger partial charge in [0.2, 0.25) is 0 Å². The van der Waals surface area contributed by atoms with Gasteiger partial charge in [-0.3, -0.25) is 0 Å². The van der Waals surface area contributed by atoms with Crippen LogP contribution in [-0.4, -0.2) is 10.5 Å². The molecule has 6 heavy (non-hydrogen) atoms. The average Bonchev–Trinajstić information content (AvgIpc) is 1.38. The zero-order valence-electron chi connectivity index (χ0n) is 3.69. The van der Waals surface area contributed by atoms with Crippen LogP contribution in [0.15, 0.2) is 0 Å². The first-order chi connectivity index (χ1) is 2.27. The third-order valence-corrected chi connectivity index (χ3v) is 0.637. The third-order valence-electron chi connectivity index (χ3n) is 0.348. The Bertz CT molecular complexity index is 46.1. The second kappa shape index (κ2) is 4.85. The topological polar surface area (TPSA) is 57.5 Å². The summed E-state index contributed by atoms with van der Waals surface area (Å²) in [5.41, 5.74) is 5.02. The smallest absolute Gasteiger partial charge is 0.0724 e. The Hall–Kier alpha value is -0.150. The van der Waals surface area contributed by atoms with Gasteiger partial charge in [0, 0.05) is 0 Å².